The molecular weight excluding hydrogens is 355 g/mol. The molecule has 1 fully saturated rings. The molecule has 7 heteroatoms. The number of pyridine rings is 1. The number of aliphatic imine (C=N–C) groups is 1. The molecule has 3 aromatic rings. The van der Waals surface area contributed by atoms with Crippen molar-refractivity contribution in [1.82, 2.24) is 25.2 Å². The number of imidazole rings is 1. The van der Waals surface area contributed by atoms with Crippen LogP contribution in [0.3, 0.4) is 0 Å². The number of hydrogen-bond donors (Lipinski definition) is 2. The van der Waals surface area contributed by atoms with E-state index in [9.17, 15) is 4.39 Å². The molecule has 1 aromatic carbocycles. The number of benzene rings is 1. The average molecular weight is 378 g/mol. The fourth-order valence-corrected chi connectivity index (χ4v) is 3.35. The third kappa shape index (κ3) is 3.88. The molecule has 0 bridgehead atoms. The van der Waals surface area contributed by atoms with E-state index in [2.05, 4.69) is 25.6 Å². The molecule has 4 rings (SSSR count). The normalized spacial score (nSPS) is 15.3. The third-order valence-corrected chi connectivity index (χ3v) is 5.16. The van der Waals surface area contributed by atoms with Crippen LogP contribution in [0.1, 0.15) is 24.0 Å². The second-order valence-electron chi connectivity index (χ2n) is 7.03. The number of guanidine groups is 1. The Morgan fingerprint density at radius 3 is 2.79 bits per heavy atom. The topological polar surface area (TPSA) is 67.1 Å². The van der Waals surface area contributed by atoms with Crippen LogP contribution in [0.2, 0.25) is 0 Å². The van der Waals surface area contributed by atoms with E-state index in [1.807, 2.05) is 35.0 Å². The van der Waals surface area contributed by atoms with Gasteiger partial charge in [0.25, 0.3) is 0 Å². The smallest absolute Gasteiger partial charge is 0.191 e. The Morgan fingerprint density at radius 1 is 1.21 bits per heavy atom. The minimum atomic E-state index is -0.131. The Kier molecular flexibility index (Phi) is 5.06. The van der Waals surface area contributed by atoms with Gasteiger partial charge in [-0.15, -0.1) is 0 Å². The molecule has 0 aliphatic heterocycles. The van der Waals surface area contributed by atoms with Crippen LogP contribution in [0.5, 0.6) is 0 Å². The highest BCUT2D eigenvalue weighted by atomic mass is 19.1. The fraction of sp³-hybridized carbons (Fsp3) is 0.286. The minimum Gasteiger partial charge on any atom is -0.356 e. The maximum atomic E-state index is 14.2. The lowest BCUT2D eigenvalue weighted by atomic mass is 9.95. The molecule has 28 heavy (non-hydrogen) atoms. The van der Waals surface area contributed by atoms with Crippen LogP contribution in [0.25, 0.3) is 5.82 Å². The number of nitrogens with zero attached hydrogens (tertiary/aromatic N) is 4. The summed E-state index contributed by atoms with van der Waals surface area (Å²) in [5, 5.41) is 6.67. The molecule has 6 nitrogen and oxygen atoms in total. The number of rotatable bonds is 6. The number of nitrogens with one attached hydrogen (secondary N) is 2. The summed E-state index contributed by atoms with van der Waals surface area (Å²) in [4.78, 5) is 12.7. The maximum absolute atomic E-state index is 14.2. The van der Waals surface area contributed by atoms with Crippen LogP contribution >= 0.6 is 0 Å². The molecule has 2 aromatic heterocycles. The molecule has 1 aliphatic carbocycles. The monoisotopic (exact) mass is 378 g/mol. The van der Waals surface area contributed by atoms with Gasteiger partial charge in [-0.1, -0.05) is 18.2 Å². The Morgan fingerprint density at radius 2 is 2.07 bits per heavy atom. The van der Waals surface area contributed by atoms with Crippen LogP contribution in [0.4, 0.5) is 4.39 Å². The molecule has 2 heterocycles. The van der Waals surface area contributed by atoms with Gasteiger partial charge in [-0.2, -0.15) is 0 Å². The Bertz CT molecular complexity index is 963. The lowest BCUT2D eigenvalue weighted by Crippen LogP contribution is -2.41. The lowest BCUT2D eigenvalue weighted by Gasteiger charge is -2.19. The van der Waals surface area contributed by atoms with Crippen molar-refractivity contribution in [3.8, 4) is 5.82 Å². The van der Waals surface area contributed by atoms with Crippen LogP contribution < -0.4 is 10.6 Å². The highest BCUT2D eigenvalue weighted by molar-refractivity contribution is 5.79. The first-order valence-corrected chi connectivity index (χ1v) is 9.33. The third-order valence-electron chi connectivity index (χ3n) is 5.16. The fourth-order valence-electron chi connectivity index (χ4n) is 3.35. The summed E-state index contributed by atoms with van der Waals surface area (Å²) in [7, 11) is 1.74. The predicted octanol–water partition coefficient (Wildman–Crippen LogP) is 2.80. The van der Waals surface area contributed by atoms with Crippen molar-refractivity contribution in [3.05, 3.63) is 78.3 Å². The van der Waals surface area contributed by atoms with Gasteiger partial charge in [0, 0.05) is 44.1 Å². The van der Waals surface area contributed by atoms with Gasteiger partial charge in [0.1, 0.15) is 18.0 Å². The quantitative estimate of drug-likeness (QED) is 0.511. The van der Waals surface area contributed by atoms with Crippen LogP contribution in [-0.2, 0) is 12.0 Å². The zero-order valence-electron chi connectivity index (χ0n) is 15.8. The summed E-state index contributed by atoms with van der Waals surface area (Å²) in [6.07, 6.45) is 9.05. The van der Waals surface area contributed by atoms with E-state index in [-0.39, 0.29) is 11.2 Å². The van der Waals surface area contributed by atoms with Gasteiger partial charge in [-0.25, -0.2) is 14.4 Å². The first-order chi connectivity index (χ1) is 13.7. The summed E-state index contributed by atoms with van der Waals surface area (Å²) < 4.78 is 16.0. The van der Waals surface area contributed by atoms with Crippen molar-refractivity contribution >= 4 is 5.96 Å². The van der Waals surface area contributed by atoms with Crippen LogP contribution in [0.15, 0.2) is 66.3 Å². The molecule has 0 unspecified atom stereocenters. The van der Waals surface area contributed by atoms with Crippen molar-refractivity contribution in [3.63, 3.8) is 0 Å². The number of halogens is 1. The van der Waals surface area contributed by atoms with E-state index in [1.165, 1.54) is 6.07 Å². The van der Waals surface area contributed by atoms with Gasteiger partial charge in [0.2, 0.25) is 0 Å². The Labute approximate surface area is 163 Å². The van der Waals surface area contributed by atoms with Gasteiger partial charge < -0.3 is 10.6 Å². The Hall–Kier alpha value is -3.22. The summed E-state index contributed by atoms with van der Waals surface area (Å²) in [5.74, 6) is 1.38. The summed E-state index contributed by atoms with van der Waals surface area (Å²) >= 11 is 0. The van der Waals surface area contributed by atoms with Gasteiger partial charge >= 0.3 is 0 Å². The second kappa shape index (κ2) is 7.80. The number of hydrogen-bond acceptors (Lipinski definition) is 3. The van der Waals surface area contributed by atoms with Crippen LogP contribution in [0, 0.1) is 5.82 Å². The average Bonchev–Trinajstić information content (AvgIpc) is 3.30. The lowest BCUT2D eigenvalue weighted by molar-refractivity contribution is 0.559. The first kappa shape index (κ1) is 18.2. The molecule has 0 atom stereocenters. The highest BCUT2D eigenvalue weighted by Gasteiger charge is 2.45. The molecule has 0 amide bonds. The molecule has 1 aliphatic rings. The van der Waals surface area contributed by atoms with Gasteiger partial charge in [-0.3, -0.25) is 9.56 Å². The van der Waals surface area contributed by atoms with E-state index >= 15 is 0 Å². The van der Waals surface area contributed by atoms with Gasteiger partial charge in [0.15, 0.2) is 5.96 Å². The highest BCUT2D eigenvalue weighted by Crippen LogP contribution is 2.48. The van der Waals surface area contributed by atoms with E-state index in [0.717, 1.165) is 29.8 Å². The van der Waals surface area contributed by atoms with E-state index in [1.54, 1.807) is 31.8 Å². The summed E-state index contributed by atoms with van der Waals surface area (Å²) in [5.41, 5.74) is 1.74. The van der Waals surface area contributed by atoms with E-state index < -0.39 is 0 Å². The van der Waals surface area contributed by atoms with Crippen LogP contribution in [-0.4, -0.2) is 34.1 Å². The zero-order chi connectivity index (χ0) is 19.4. The van der Waals surface area contributed by atoms with Gasteiger partial charge in [-0.05, 0) is 42.2 Å². The van der Waals surface area contributed by atoms with Gasteiger partial charge in [0.05, 0.1) is 0 Å². The summed E-state index contributed by atoms with van der Waals surface area (Å²) in [6.45, 7) is 1.26. The largest absolute Gasteiger partial charge is 0.356 e. The van der Waals surface area contributed by atoms with E-state index in [0.29, 0.717) is 19.0 Å². The first-order valence-electron chi connectivity index (χ1n) is 9.33. The van der Waals surface area contributed by atoms with Crippen molar-refractivity contribution in [1.29, 1.82) is 0 Å². The maximum Gasteiger partial charge on any atom is 0.191 e. The summed E-state index contributed by atoms with van der Waals surface area (Å²) in [6, 6.07) is 11.0. The van der Waals surface area contributed by atoms with E-state index in [4.69, 9.17) is 0 Å². The zero-order valence-corrected chi connectivity index (χ0v) is 15.8. The van der Waals surface area contributed by atoms with Crippen molar-refractivity contribution in [2.45, 2.75) is 24.8 Å². The molecule has 1 saturated carbocycles. The Balaban J connectivity index is 1.36. The van der Waals surface area contributed by atoms with Crippen molar-refractivity contribution in [2.75, 3.05) is 13.6 Å². The molecule has 2 N–H and O–H groups in total. The second-order valence-corrected chi connectivity index (χ2v) is 7.03. The molecule has 0 saturated heterocycles. The van der Waals surface area contributed by atoms with Crippen molar-refractivity contribution < 1.29 is 4.39 Å². The standard InChI is InChI=1S/C21H23FN6/c1-23-20(27-14-21(7-8-21)17-4-2-3-5-18(17)22)26-13-16-6-9-25-19(12-16)28-11-10-24-15-28/h2-6,9-12,15H,7-8,13-14H2,1H3,(H2,23,26,27). The minimum absolute atomic E-state index is 0.131. The van der Waals surface area contributed by atoms with Crippen molar-refractivity contribution in [2.24, 2.45) is 4.99 Å². The molecular formula is C21H23FN6. The molecule has 0 spiro atoms. The SMILES string of the molecule is CN=C(NCc1ccnc(-n2ccnc2)c1)NCC1(c2ccccc2F)CC1. The predicted molar refractivity (Wildman–Crippen MR) is 107 cm³/mol. The molecule has 144 valence electrons. The molecule has 0 radical (unpaired) electrons. The number of aromatic nitrogens is 3.